The molecular weight excluding hydrogens is 367 g/mol. The Morgan fingerprint density at radius 1 is 0.857 bits per heavy atom. The SMILES string of the molecule is FC(F)(F)c1ccc(Cn2ccc(-c3cccc(-c4cncnc4)c3)n2)cn1. The fourth-order valence-corrected chi connectivity index (χ4v) is 2.78. The molecule has 4 rings (SSSR count). The van der Waals surface area contributed by atoms with Gasteiger partial charge in [0.2, 0.25) is 0 Å². The summed E-state index contributed by atoms with van der Waals surface area (Å²) in [6.07, 6.45) is 3.52. The Balaban J connectivity index is 1.53. The summed E-state index contributed by atoms with van der Waals surface area (Å²) in [4.78, 5) is 11.5. The van der Waals surface area contributed by atoms with Crippen LogP contribution in [0.1, 0.15) is 11.3 Å². The van der Waals surface area contributed by atoms with Gasteiger partial charge in [0.15, 0.2) is 0 Å². The molecule has 0 spiro atoms. The number of rotatable bonds is 4. The molecule has 0 aliphatic rings. The number of aromatic nitrogens is 5. The molecule has 1 aromatic carbocycles. The molecule has 0 amide bonds. The molecule has 0 N–H and O–H groups in total. The molecule has 28 heavy (non-hydrogen) atoms. The topological polar surface area (TPSA) is 56.5 Å². The van der Waals surface area contributed by atoms with Crippen molar-refractivity contribution < 1.29 is 13.2 Å². The first-order valence-corrected chi connectivity index (χ1v) is 8.40. The van der Waals surface area contributed by atoms with E-state index in [4.69, 9.17) is 0 Å². The van der Waals surface area contributed by atoms with Crippen molar-refractivity contribution in [1.29, 1.82) is 0 Å². The molecule has 0 aliphatic heterocycles. The molecule has 4 aromatic rings. The van der Waals surface area contributed by atoms with E-state index in [0.29, 0.717) is 12.1 Å². The van der Waals surface area contributed by atoms with Gasteiger partial charge < -0.3 is 0 Å². The van der Waals surface area contributed by atoms with Crippen LogP contribution in [-0.4, -0.2) is 24.7 Å². The number of alkyl halides is 3. The lowest BCUT2D eigenvalue weighted by atomic mass is 10.0. The zero-order valence-electron chi connectivity index (χ0n) is 14.5. The molecule has 0 unspecified atom stereocenters. The average Bonchev–Trinajstić information content (AvgIpc) is 3.17. The van der Waals surface area contributed by atoms with Crippen molar-refractivity contribution in [2.45, 2.75) is 12.7 Å². The second-order valence-corrected chi connectivity index (χ2v) is 6.16. The van der Waals surface area contributed by atoms with Gasteiger partial charge in [-0.2, -0.15) is 18.3 Å². The molecule has 0 fully saturated rings. The Kier molecular flexibility index (Phi) is 4.60. The van der Waals surface area contributed by atoms with Crippen LogP contribution in [0.25, 0.3) is 22.4 Å². The van der Waals surface area contributed by atoms with E-state index >= 15 is 0 Å². The first-order chi connectivity index (χ1) is 13.5. The molecule has 0 atom stereocenters. The minimum absolute atomic E-state index is 0.331. The van der Waals surface area contributed by atoms with Crippen molar-refractivity contribution in [2.24, 2.45) is 0 Å². The van der Waals surface area contributed by atoms with Crippen LogP contribution in [0.4, 0.5) is 13.2 Å². The zero-order chi connectivity index (χ0) is 19.6. The van der Waals surface area contributed by atoms with Crippen molar-refractivity contribution in [3.8, 4) is 22.4 Å². The smallest absolute Gasteiger partial charge is 0.268 e. The highest BCUT2D eigenvalue weighted by atomic mass is 19.4. The van der Waals surface area contributed by atoms with Crippen molar-refractivity contribution in [2.75, 3.05) is 0 Å². The summed E-state index contributed by atoms with van der Waals surface area (Å²) in [6.45, 7) is 0.331. The summed E-state index contributed by atoms with van der Waals surface area (Å²) in [5.41, 5.74) is 3.29. The molecule has 5 nitrogen and oxygen atoms in total. The molecule has 0 bridgehead atoms. The van der Waals surface area contributed by atoms with Crippen LogP contribution < -0.4 is 0 Å². The minimum atomic E-state index is -4.44. The molecule has 0 aliphatic carbocycles. The summed E-state index contributed by atoms with van der Waals surface area (Å²) >= 11 is 0. The van der Waals surface area contributed by atoms with E-state index in [-0.39, 0.29) is 0 Å². The Labute approximate surface area is 158 Å². The van der Waals surface area contributed by atoms with Gasteiger partial charge in [-0.3, -0.25) is 9.67 Å². The molecule has 3 aromatic heterocycles. The molecule has 3 heterocycles. The van der Waals surface area contributed by atoms with Crippen LogP contribution in [0.15, 0.2) is 73.6 Å². The predicted molar refractivity (Wildman–Crippen MR) is 97.0 cm³/mol. The second kappa shape index (κ2) is 7.22. The van der Waals surface area contributed by atoms with E-state index < -0.39 is 11.9 Å². The third-order valence-corrected chi connectivity index (χ3v) is 4.15. The Hall–Kier alpha value is -3.55. The number of hydrogen-bond acceptors (Lipinski definition) is 4. The number of benzene rings is 1. The van der Waals surface area contributed by atoms with E-state index in [9.17, 15) is 13.2 Å². The highest BCUT2D eigenvalue weighted by Crippen LogP contribution is 2.27. The quantitative estimate of drug-likeness (QED) is 0.523. The molecular formula is C20H14F3N5. The maximum absolute atomic E-state index is 12.6. The van der Waals surface area contributed by atoms with E-state index in [1.807, 2.05) is 30.3 Å². The third kappa shape index (κ3) is 3.90. The van der Waals surface area contributed by atoms with Crippen molar-refractivity contribution >= 4 is 0 Å². The number of hydrogen-bond donors (Lipinski definition) is 0. The lowest BCUT2D eigenvalue weighted by Gasteiger charge is -2.07. The normalized spacial score (nSPS) is 11.5. The van der Waals surface area contributed by atoms with Crippen LogP contribution in [0.3, 0.4) is 0 Å². The van der Waals surface area contributed by atoms with Gasteiger partial charge >= 0.3 is 6.18 Å². The number of nitrogens with zero attached hydrogens (tertiary/aromatic N) is 5. The fourth-order valence-electron chi connectivity index (χ4n) is 2.78. The number of pyridine rings is 1. The van der Waals surface area contributed by atoms with Crippen molar-refractivity contribution in [1.82, 2.24) is 24.7 Å². The van der Waals surface area contributed by atoms with E-state index in [1.165, 1.54) is 18.6 Å². The lowest BCUT2D eigenvalue weighted by molar-refractivity contribution is -0.141. The van der Waals surface area contributed by atoms with Gasteiger partial charge in [0.1, 0.15) is 12.0 Å². The Morgan fingerprint density at radius 2 is 1.64 bits per heavy atom. The minimum Gasteiger partial charge on any atom is -0.268 e. The summed E-state index contributed by atoms with van der Waals surface area (Å²) < 4.78 is 39.5. The van der Waals surface area contributed by atoms with Crippen LogP contribution in [0, 0.1) is 0 Å². The maximum atomic E-state index is 12.6. The summed E-state index contributed by atoms with van der Waals surface area (Å²) in [6, 6.07) is 12.1. The van der Waals surface area contributed by atoms with Crippen LogP contribution in [0.2, 0.25) is 0 Å². The van der Waals surface area contributed by atoms with E-state index in [2.05, 4.69) is 20.1 Å². The zero-order valence-corrected chi connectivity index (χ0v) is 14.5. The highest BCUT2D eigenvalue weighted by Gasteiger charge is 2.31. The van der Waals surface area contributed by atoms with E-state index in [0.717, 1.165) is 28.5 Å². The summed E-state index contributed by atoms with van der Waals surface area (Å²) in [5.74, 6) is 0. The number of halogens is 3. The Morgan fingerprint density at radius 3 is 2.36 bits per heavy atom. The van der Waals surface area contributed by atoms with Gasteiger partial charge in [0.25, 0.3) is 0 Å². The van der Waals surface area contributed by atoms with Gasteiger partial charge in [0.05, 0.1) is 12.2 Å². The standard InChI is InChI=1S/C20H14F3N5/c21-20(22,23)19-5-4-14(9-26-19)12-28-7-6-18(27-28)16-3-1-2-15(8-16)17-10-24-13-25-11-17/h1-11,13H,12H2. The molecule has 0 radical (unpaired) electrons. The van der Waals surface area contributed by atoms with Crippen LogP contribution in [0.5, 0.6) is 0 Å². The predicted octanol–water partition coefficient (Wildman–Crippen LogP) is 4.47. The van der Waals surface area contributed by atoms with Gasteiger partial charge in [0, 0.05) is 35.9 Å². The first kappa shape index (κ1) is 17.8. The van der Waals surface area contributed by atoms with Crippen LogP contribution >= 0.6 is 0 Å². The lowest BCUT2D eigenvalue weighted by Crippen LogP contribution is -2.08. The van der Waals surface area contributed by atoms with Gasteiger partial charge in [-0.25, -0.2) is 9.97 Å². The molecule has 140 valence electrons. The monoisotopic (exact) mass is 381 g/mol. The van der Waals surface area contributed by atoms with Gasteiger partial charge in [-0.15, -0.1) is 0 Å². The van der Waals surface area contributed by atoms with Gasteiger partial charge in [-0.1, -0.05) is 24.3 Å². The van der Waals surface area contributed by atoms with Crippen LogP contribution in [-0.2, 0) is 12.7 Å². The van der Waals surface area contributed by atoms with E-state index in [1.54, 1.807) is 23.3 Å². The molecule has 0 saturated heterocycles. The molecule has 0 saturated carbocycles. The summed E-state index contributed by atoms with van der Waals surface area (Å²) in [5, 5.41) is 4.52. The maximum Gasteiger partial charge on any atom is 0.433 e. The first-order valence-electron chi connectivity index (χ1n) is 8.40. The largest absolute Gasteiger partial charge is 0.433 e. The second-order valence-electron chi connectivity index (χ2n) is 6.16. The average molecular weight is 381 g/mol. The highest BCUT2D eigenvalue weighted by molar-refractivity contribution is 5.70. The van der Waals surface area contributed by atoms with Crippen molar-refractivity contribution in [3.05, 3.63) is 84.8 Å². The molecule has 8 heteroatoms. The van der Waals surface area contributed by atoms with Crippen molar-refractivity contribution in [3.63, 3.8) is 0 Å². The fraction of sp³-hybridized carbons (Fsp3) is 0.100. The summed E-state index contributed by atoms with van der Waals surface area (Å²) in [7, 11) is 0. The third-order valence-electron chi connectivity index (χ3n) is 4.15. The Bertz CT molecular complexity index is 1070. The van der Waals surface area contributed by atoms with Gasteiger partial charge in [-0.05, 0) is 29.3 Å².